The van der Waals surface area contributed by atoms with Crippen molar-refractivity contribution < 1.29 is 75.1 Å². The molecule has 0 rings (SSSR count). The summed E-state index contributed by atoms with van der Waals surface area (Å²) in [6.45, 7) is 21.9. The van der Waals surface area contributed by atoms with Crippen LogP contribution in [0.3, 0.4) is 0 Å². The van der Waals surface area contributed by atoms with Crippen molar-refractivity contribution in [1.29, 1.82) is 0 Å². The molecule has 0 heterocycles. The molecule has 0 aliphatic rings. The number of unbranched alkanes of at least 4 members (excludes halogenated alkanes) is 12. The van der Waals surface area contributed by atoms with E-state index in [1.54, 1.807) is 27.7 Å². The van der Waals surface area contributed by atoms with Gasteiger partial charge in [-0.2, -0.15) is 0 Å². The van der Waals surface area contributed by atoms with Gasteiger partial charge in [0.05, 0.1) is 52.9 Å². The number of rotatable bonds is 36. The number of esters is 4. The molecule has 0 aromatic rings. The van der Waals surface area contributed by atoms with Crippen molar-refractivity contribution >= 4 is 62.6 Å². The van der Waals surface area contributed by atoms with Crippen LogP contribution in [0.5, 0.6) is 0 Å². The van der Waals surface area contributed by atoms with Gasteiger partial charge in [0.2, 0.25) is 0 Å². The van der Waals surface area contributed by atoms with Crippen molar-refractivity contribution in [3.8, 4) is 0 Å². The molecule has 19 heteroatoms. The maximum Gasteiger partial charge on any atom is 2.00 e. The number of carbonyl (C=O) groups is 4. The molecule has 59 heavy (non-hydrogen) atoms. The molecular weight excluding hydrogens is 823 g/mol. The molecule has 0 spiro atoms. The molecule has 0 aliphatic carbocycles. The average Bonchev–Trinajstić information content (AvgIpc) is 3.15. The van der Waals surface area contributed by atoms with Gasteiger partial charge < -0.3 is 46.8 Å². The second kappa shape index (κ2) is 38.7. The smallest absolute Gasteiger partial charge is 0.756 e. The second-order valence-corrected chi connectivity index (χ2v) is 16.4. The molecule has 0 amide bonds. The molecule has 0 fully saturated rings. The third-order valence-corrected chi connectivity index (χ3v) is 9.47. The predicted molar refractivity (Wildman–Crippen MR) is 222 cm³/mol. The van der Waals surface area contributed by atoms with Gasteiger partial charge in [0.15, 0.2) is 0 Å². The van der Waals surface area contributed by atoms with Gasteiger partial charge in [-0.15, -0.1) is 0 Å². The first kappa shape index (κ1) is 61.1. The summed E-state index contributed by atoms with van der Waals surface area (Å²) in [6, 6.07) is 0. The Morgan fingerprint density at radius 2 is 0.508 bits per heavy atom. The Labute approximate surface area is 368 Å². The number of carbonyl (C=O) groups excluding carboxylic acids is 4. The monoisotopic (exact) mass is 890 g/mol. The van der Waals surface area contributed by atoms with Crippen LogP contribution >= 0.6 is 15.6 Å². The Morgan fingerprint density at radius 3 is 0.661 bits per heavy atom. The molecule has 0 unspecified atom stereocenters. The van der Waals surface area contributed by atoms with Crippen molar-refractivity contribution in [2.24, 2.45) is 0 Å². The first-order chi connectivity index (χ1) is 27.3. The minimum Gasteiger partial charge on any atom is -0.756 e. The third kappa shape index (κ3) is 42.3. The molecule has 0 aromatic heterocycles. The minimum atomic E-state index is -4.27. The average molecular weight is 891 g/mol. The van der Waals surface area contributed by atoms with Crippen molar-refractivity contribution in [1.82, 2.24) is 0 Å². The van der Waals surface area contributed by atoms with E-state index in [0.29, 0.717) is 100 Å². The SMILES string of the molecule is C=C(C)C(=O)OCCCCCCOP(=O)([O-])OCCCCCCOC(=O)C(=C)C.C=C(C)C(=O)OCCCCCCOP(=O)([O-])OCCCCCCOC(=O)C(=C)C.[Mg+2]. The van der Waals surface area contributed by atoms with E-state index in [4.69, 9.17) is 37.0 Å². The zero-order valence-corrected chi connectivity index (χ0v) is 39.1. The van der Waals surface area contributed by atoms with E-state index in [2.05, 4.69) is 26.3 Å². The van der Waals surface area contributed by atoms with Crippen molar-refractivity contribution in [3.63, 3.8) is 0 Å². The molecule has 0 N–H and O–H groups in total. The topological polar surface area (TPSA) is 222 Å². The molecule has 336 valence electrons. The number of phosphoric ester groups is 2. The fraction of sp³-hybridized carbons (Fsp3) is 0.700. The van der Waals surface area contributed by atoms with Crippen LogP contribution in [-0.2, 0) is 65.4 Å². The molecule has 0 aliphatic heterocycles. The van der Waals surface area contributed by atoms with Crippen LogP contribution in [0, 0.1) is 0 Å². The summed E-state index contributed by atoms with van der Waals surface area (Å²) < 4.78 is 62.4. The van der Waals surface area contributed by atoms with Gasteiger partial charge in [0, 0.05) is 22.3 Å². The first-order valence-electron chi connectivity index (χ1n) is 19.8. The molecule has 0 atom stereocenters. The number of ether oxygens (including phenoxy) is 4. The van der Waals surface area contributed by atoms with Gasteiger partial charge in [-0.1, -0.05) is 52.0 Å². The normalized spacial score (nSPS) is 10.9. The minimum absolute atomic E-state index is 0. The maximum absolute atomic E-state index is 11.6. The molecule has 0 radical (unpaired) electrons. The Morgan fingerprint density at radius 1 is 0.356 bits per heavy atom. The Kier molecular flexibility index (Phi) is 40.1. The van der Waals surface area contributed by atoms with E-state index in [1.807, 2.05) is 0 Å². The number of phosphoric acid groups is 2. The van der Waals surface area contributed by atoms with Crippen LogP contribution in [0.2, 0.25) is 0 Å². The van der Waals surface area contributed by atoms with Crippen LogP contribution < -0.4 is 9.79 Å². The van der Waals surface area contributed by atoms with Gasteiger partial charge >= 0.3 is 46.9 Å². The largest absolute Gasteiger partial charge is 2.00 e. The van der Waals surface area contributed by atoms with Gasteiger partial charge in [0.1, 0.15) is 0 Å². The molecule has 0 aromatic carbocycles. The van der Waals surface area contributed by atoms with Crippen LogP contribution in [-0.4, -0.2) is 99.8 Å². The van der Waals surface area contributed by atoms with E-state index in [-0.39, 0.29) is 49.5 Å². The summed E-state index contributed by atoms with van der Waals surface area (Å²) in [6.07, 6.45) is 11.4. The summed E-state index contributed by atoms with van der Waals surface area (Å²) in [5, 5.41) is 0. The molecular formula is C40H68MgO16P2. The first-order valence-corrected chi connectivity index (χ1v) is 22.7. The van der Waals surface area contributed by atoms with Crippen LogP contribution in [0.15, 0.2) is 48.6 Å². The quantitative estimate of drug-likeness (QED) is 0.0150. The molecule has 0 saturated carbocycles. The summed E-state index contributed by atoms with van der Waals surface area (Å²) in [5.74, 6) is -1.60. The number of hydrogen-bond donors (Lipinski definition) is 0. The fourth-order valence-corrected chi connectivity index (χ4v) is 5.72. The maximum atomic E-state index is 11.6. The van der Waals surface area contributed by atoms with E-state index in [1.165, 1.54) is 0 Å². The predicted octanol–water partition coefficient (Wildman–Crippen LogP) is 7.31. The zero-order chi connectivity index (χ0) is 44.2. The summed E-state index contributed by atoms with van der Waals surface area (Å²) in [4.78, 5) is 67.9. The van der Waals surface area contributed by atoms with E-state index in [9.17, 15) is 38.1 Å². The Hall–Kier alpha value is -2.17. The Balaban J connectivity index is -0.00000105. The molecule has 0 bridgehead atoms. The zero-order valence-electron chi connectivity index (χ0n) is 35.9. The third-order valence-electron chi connectivity index (χ3n) is 7.48. The van der Waals surface area contributed by atoms with Gasteiger partial charge in [-0.25, -0.2) is 19.2 Å². The van der Waals surface area contributed by atoms with Gasteiger partial charge in [-0.3, -0.25) is 9.13 Å². The van der Waals surface area contributed by atoms with Crippen LogP contribution in [0.1, 0.15) is 130 Å². The summed E-state index contributed by atoms with van der Waals surface area (Å²) in [7, 11) is -8.54. The summed E-state index contributed by atoms with van der Waals surface area (Å²) >= 11 is 0. The van der Waals surface area contributed by atoms with E-state index >= 15 is 0 Å². The van der Waals surface area contributed by atoms with Gasteiger partial charge in [-0.05, 0) is 105 Å². The van der Waals surface area contributed by atoms with Crippen molar-refractivity contribution in [3.05, 3.63) is 48.6 Å². The fourth-order valence-electron chi connectivity index (χ4n) is 4.16. The Bertz CT molecular complexity index is 1160. The summed E-state index contributed by atoms with van der Waals surface area (Å²) in [5.41, 5.74) is 1.48. The number of hydrogen-bond acceptors (Lipinski definition) is 16. The van der Waals surface area contributed by atoms with Crippen LogP contribution in [0.25, 0.3) is 0 Å². The van der Waals surface area contributed by atoms with Crippen molar-refractivity contribution in [2.75, 3.05) is 52.9 Å². The molecule has 0 saturated heterocycles. The standard InChI is InChI=1S/2C20H35O8P.Mg/c2*1-17(2)19(21)25-13-9-5-7-11-15-27-29(23,24)28-16-12-8-6-10-14-26-20(22)18(3)4;/h2*1,3,5-16H2,2,4H3,(H,23,24);/q;;+2/p-2. The van der Waals surface area contributed by atoms with Crippen molar-refractivity contribution in [2.45, 2.75) is 130 Å². The van der Waals surface area contributed by atoms with E-state index in [0.717, 1.165) is 51.4 Å². The second-order valence-electron chi connectivity index (χ2n) is 13.5. The van der Waals surface area contributed by atoms with Crippen LogP contribution in [0.4, 0.5) is 0 Å². The van der Waals surface area contributed by atoms with E-state index < -0.39 is 39.5 Å². The molecule has 16 nitrogen and oxygen atoms in total. The van der Waals surface area contributed by atoms with Gasteiger partial charge in [0.25, 0.3) is 15.6 Å².